The molecule has 2 rings (SSSR count). The third-order valence-electron chi connectivity index (χ3n) is 3.44. The Bertz CT molecular complexity index is 555. The number of carbonyl (C=O) groups excluding carboxylic acids is 2. The van der Waals surface area contributed by atoms with E-state index in [0.717, 1.165) is 0 Å². The first-order valence-corrected chi connectivity index (χ1v) is 6.71. The predicted octanol–water partition coefficient (Wildman–Crippen LogP) is 1.17. The van der Waals surface area contributed by atoms with E-state index in [-0.39, 0.29) is 6.61 Å². The number of benzene rings is 1. The molecule has 1 saturated heterocycles. The van der Waals surface area contributed by atoms with Gasteiger partial charge in [0.15, 0.2) is 0 Å². The highest BCUT2D eigenvalue weighted by atomic mass is 19.3. The molecule has 1 heterocycles. The second kappa shape index (κ2) is 6.27. The van der Waals surface area contributed by atoms with Crippen molar-refractivity contribution in [2.75, 3.05) is 6.61 Å². The summed E-state index contributed by atoms with van der Waals surface area (Å²) in [4.78, 5) is 23.7. The molecule has 1 aromatic carbocycles. The van der Waals surface area contributed by atoms with Crippen LogP contribution in [0.15, 0.2) is 30.3 Å². The second-order valence-corrected chi connectivity index (χ2v) is 4.84. The molecular formula is C14H16F2N2O4. The van der Waals surface area contributed by atoms with Crippen molar-refractivity contribution in [3.05, 3.63) is 35.9 Å². The van der Waals surface area contributed by atoms with Crippen LogP contribution < -0.4 is 10.6 Å². The summed E-state index contributed by atoms with van der Waals surface area (Å²) in [5, 5.41) is 14.3. The van der Waals surface area contributed by atoms with Gasteiger partial charge in [-0.1, -0.05) is 30.3 Å². The third-order valence-corrected chi connectivity index (χ3v) is 3.44. The number of alkyl halides is 2. The second-order valence-electron chi connectivity index (χ2n) is 4.84. The van der Waals surface area contributed by atoms with Gasteiger partial charge in [0.05, 0.1) is 12.6 Å². The highest BCUT2D eigenvalue weighted by molar-refractivity contribution is 5.83. The lowest BCUT2D eigenvalue weighted by atomic mass is 9.82. The van der Waals surface area contributed by atoms with Gasteiger partial charge in [-0.05, 0) is 12.5 Å². The normalized spacial score (nSPS) is 28.0. The maximum Gasteiger partial charge on any atom is 0.317 e. The minimum atomic E-state index is -3.36. The number of halogens is 2. The molecule has 120 valence electrons. The van der Waals surface area contributed by atoms with E-state index >= 15 is 0 Å². The zero-order chi connectivity index (χ0) is 16.3. The Labute approximate surface area is 125 Å². The molecule has 3 atom stereocenters. The molecule has 0 spiro atoms. The Hall–Kier alpha value is -2.22. The molecule has 0 aliphatic carbocycles. The summed E-state index contributed by atoms with van der Waals surface area (Å²) >= 11 is 0. The molecule has 1 aromatic rings. The third kappa shape index (κ3) is 2.87. The summed E-state index contributed by atoms with van der Waals surface area (Å²) in [7, 11) is 0. The molecule has 8 heteroatoms. The van der Waals surface area contributed by atoms with Gasteiger partial charge in [-0.25, -0.2) is 13.6 Å². The van der Waals surface area contributed by atoms with Crippen LogP contribution in [0.25, 0.3) is 0 Å². The maximum absolute atomic E-state index is 13.3. The summed E-state index contributed by atoms with van der Waals surface area (Å²) in [5.74, 6) is -2.71. The molecule has 0 saturated carbocycles. The van der Waals surface area contributed by atoms with Crippen LogP contribution in [0, 0.1) is 5.92 Å². The topological polar surface area (TPSA) is 87.7 Å². The van der Waals surface area contributed by atoms with Crippen LogP contribution in [-0.2, 0) is 9.53 Å². The summed E-state index contributed by atoms with van der Waals surface area (Å²) in [6.07, 6.45) is -3.36. The van der Waals surface area contributed by atoms with Gasteiger partial charge >= 0.3 is 12.0 Å². The summed E-state index contributed by atoms with van der Waals surface area (Å²) in [6.45, 7) is 1.48. The minimum absolute atomic E-state index is 0.0376. The molecule has 1 aliphatic heterocycles. The zero-order valence-corrected chi connectivity index (χ0v) is 11.8. The summed E-state index contributed by atoms with van der Waals surface area (Å²) < 4.78 is 31.4. The fourth-order valence-electron chi connectivity index (χ4n) is 2.45. The zero-order valence-electron chi connectivity index (χ0n) is 11.8. The molecule has 0 unspecified atom stereocenters. The van der Waals surface area contributed by atoms with Crippen LogP contribution >= 0.6 is 0 Å². The van der Waals surface area contributed by atoms with Crippen LogP contribution in [0.3, 0.4) is 0 Å². The number of hydrogen-bond acceptors (Lipinski definition) is 4. The highest BCUT2D eigenvalue weighted by Gasteiger charge is 2.58. The Balaban J connectivity index is 2.48. The number of urea groups is 1. The number of nitrogens with one attached hydrogen (secondary N) is 2. The van der Waals surface area contributed by atoms with Gasteiger partial charge in [0.2, 0.25) is 5.72 Å². The largest absolute Gasteiger partial charge is 0.466 e. The van der Waals surface area contributed by atoms with E-state index in [1.165, 1.54) is 6.92 Å². The quantitative estimate of drug-likeness (QED) is 0.728. The van der Waals surface area contributed by atoms with Gasteiger partial charge in [0.1, 0.15) is 5.92 Å². The Morgan fingerprint density at radius 1 is 1.41 bits per heavy atom. The molecule has 0 bridgehead atoms. The van der Waals surface area contributed by atoms with Gasteiger partial charge in [0.25, 0.3) is 6.43 Å². The Morgan fingerprint density at radius 3 is 2.59 bits per heavy atom. The van der Waals surface area contributed by atoms with Gasteiger partial charge < -0.3 is 20.5 Å². The smallest absolute Gasteiger partial charge is 0.317 e. The van der Waals surface area contributed by atoms with E-state index in [1.807, 2.05) is 0 Å². The highest BCUT2D eigenvalue weighted by Crippen LogP contribution is 2.37. The average Bonchev–Trinajstić information content (AvgIpc) is 2.47. The fourth-order valence-corrected chi connectivity index (χ4v) is 2.45. The number of esters is 1. The van der Waals surface area contributed by atoms with E-state index in [9.17, 15) is 23.5 Å². The van der Waals surface area contributed by atoms with Gasteiger partial charge in [-0.15, -0.1) is 0 Å². The lowest BCUT2D eigenvalue weighted by Gasteiger charge is -2.43. The van der Waals surface area contributed by atoms with Crippen molar-refractivity contribution < 1.29 is 28.2 Å². The van der Waals surface area contributed by atoms with Crippen LogP contribution in [0.4, 0.5) is 13.6 Å². The molecule has 1 fully saturated rings. The standard InChI is InChI=1S/C14H16F2N2O4/c1-2-22-11(19)9-10(8-6-4-3-5-7-8)17-13(20)18-14(9,21)12(15)16/h3-7,9-10,12,21H,2H2,1H3,(H2,17,18,20)/t9-,10-,14+/m0/s1. The number of aliphatic hydroxyl groups is 1. The monoisotopic (exact) mass is 314 g/mol. The molecule has 2 amide bonds. The SMILES string of the molecule is CCOC(=O)[C@@H]1[C@H](c2ccccc2)NC(=O)N[C@]1(O)C(F)F. The molecule has 0 aromatic heterocycles. The van der Waals surface area contributed by atoms with Crippen molar-refractivity contribution in [2.45, 2.75) is 25.1 Å². The van der Waals surface area contributed by atoms with Crippen molar-refractivity contribution in [1.29, 1.82) is 0 Å². The first kappa shape index (κ1) is 16.2. The molecule has 1 aliphatic rings. The van der Waals surface area contributed by atoms with E-state index in [4.69, 9.17) is 4.74 Å². The lowest BCUT2D eigenvalue weighted by Crippen LogP contribution is -2.70. The van der Waals surface area contributed by atoms with Gasteiger partial charge in [-0.3, -0.25) is 4.79 Å². The molecule has 3 N–H and O–H groups in total. The van der Waals surface area contributed by atoms with Crippen LogP contribution in [0.1, 0.15) is 18.5 Å². The Morgan fingerprint density at radius 2 is 2.05 bits per heavy atom. The van der Waals surface area contributed by atoms with Crippen molar-refractivity contribution >= 4 is 12.0 Å². The fraction of sp³-hybridized carbons (Fsp3) is 0.429. The molecular weight excluding hydrogens is 298 g/mol. The maximum atomic E-state index is 13.3. The van der Waals surface area contributed by atoms with Crippen molar-refractivity contribution in [3.8, 4) is 0 Å². The van der Waals surface area contributed by atoms with Crippen molar-refractivity contribution in [1.82, 2.24) is 10.6 Å². The number of hydrogen-bond donors (Lipinski definition) is 3. The summed E-state index contributed by atoms with van der Waals surface area (Å²) in [5.41, 5.74) is -2.59. The first-order valence-electron chi connectivity index (χ1n) is 6.71. The van der Waals surface area contributed by atoms with Crippen LogP contribution in [0.2, 0.25) is 0 Å². The Kier molecular flexibility index (Phi) is 4.60. The van der Waals surface area contributed by atoms with E-state index in [0.29, 0.717) is 5.56 Å². The number of amides is 2. The van der Waals surface area contributed by atoms with E-state index < -0.39 is 36.1 Å². The first-order chi connectivity index (χ1) is 10.4. The minimum Gasteiger partial charge on any atom is -0.466 e. The number of carbonyl (C=O) groups is 2. The average molecular weight is 314 g/mol. The molecule has 22 heavy (non-hydrogen) atoms. The van der Waals surface area contributed by atoms with Crippen LogP contribution in [-0.4, -0.2) is 35.9 Å². The van der Waals surface area contributed by atoms with Gasteiger partial charge in [0, 0.05) is 0 Å². The summed E-state index contributed by atoms with van der Waals surface area (Å²) in [6, 6.07) is 5.97. The van der Waals surface area contributed by atoms with Crippen molar-refractivity contribution in [2.24, 2.45) is 5.92 Å². The number of rotatable bonds is 4. The molecule has 6 nitrogen and oxygen atoms in total. The number of ether oxygens (including phenoxy) is 1. The predicted molar refractivity (Wildman–Crippen MR) is 71.9 cm³/mol. The molecule has 0 radical (unpaired) electrons. The van der Waals surface area contributed by atoms with Gasteiger partial charge in [-0.2, -0.15) is 0 Å². The van der Waals surface area contributed by atoms with E-state index in [2.05, 4.69) is 5.32 Å². The lowest BCUT2D eigenvalue weighted by molar-refractivity contribution is -0.189. The van der Waals surface area contributed by atoms with Crippen molar-refractivity contribution in [3.63, 3.8) is 0 Å². The van der Waals surface area contributed by atoms with E-state index in [1.54, 1.807) is 35.6 Å². The van der Waals surface area contributed by atoms with Crippen LogP contribution in [0.5, 0.6) is 0 Å².